The number of hydrogen-bond donors (Lipinski definition) is 0. The predicted molar refractivity (Wildman–Crippen MR) is 87.4 cm³/mol. The number of alkyl halides is 3. The van der Waals surface area contributed by atoms with E-state index in [9.17, 15) is 18.0 Å². The van der Waals surface area contributed by atoms with Crippen LogP contribution in [0.1, 0.15) is 48.0 Å². The van der Waals surface area contributed by atoms with Crippen LogP contribution in [-0.2, 0) is 17.4 Å². The maximum absolute atomic E-state index is 12.8. The SMILES string of the molecule is O=C(Cc1cccc(C(F)(F)F)c1)N1CCC(n2cc(C3CC3)nn2)C1. The van der Waals surface area contributed by atoms with Crippen molar-refractivity contribution in [3.63, 3.8) is 0 Å². The van der Waals surface area contributed by atoms with Crippen molar-refractivity contribution in [1.82, 2.24) is 19.9 Å². The van der Waals surface area contributed by atoms with Gasteiger partial charge in [0.15, 0.2) is 0 Å². The predicted octanol–water partition coefficient (Wildman–Crippen LogP) is 3.19. The Balaban J connectivity index is 1.38. The van der Waals surface area contributed by atoms with E-state index in [0.29, 0.717) is 24.6 Å². The molecule has 2 aliphatic rings. The second kappa shape index (κ2) is 6.41. The maximum Gasteiger partial charge on any atom is 0.416 e. The Kier molecular flexibility index (Phi) is 4.20. The van der Waals surface area contributed by atoms with Gasteiger partial charge in [-0.2, -0.15) is 13.2 Å². The normalized spacial score (nSPS) is 20.6. The first-order valence-electron chi connectivity index (χ1n) is 8.76. The Morgan fingerprint density at radius 2 is 2.04 bits per heavy atom. The number of benzene rings is 1. The topological polar surface area (TPSA) is 51.0 Å². The molecule has 0 spiro atoms. The number of nitrogens with zero attached hydrogens (tertiary/aromatic N) is 4. The summed E-state index contributed by atoms with van der Waals surface area (Å²) in [5.74, 6) is 0.373. The summed E-state index contributed by atoms with van der Waals surface area (Å²) in [4.78, 5) is 14.2. The minimum absolute atomic E-state index is 0.0265. The van der Waals surface area contributed by atoms with Crippen molar-refractivity contribution >= 4 is 5.91 Å². The van der Waals surface area contributed by atoms with Gasteiger partial charge in [-0.3, -0.25) is 4.79 Å². The van der Waals surface area contributed by atoms with Gasteiger partial charge < -0.3 is 4.90 Å². The van der Waals surface area contributed by atoms with Crippen LogP contribution in [0, 0.1) is 0 Å². The largest absolute Gasteiger partial charge is 0.416 e. The van der Waals surface area contributed by atoms with E-state index in [-0.39, 0.29) is 18.4 Å². The summed E-state index contributed by atoms with van der Waals surface area (Å²) in [6.45, 7) is 1.10. The minimum atomic E-state index is -4.40. The summed E-state index contributed by atoms with van der Waals surface area (Å²) in [6, 6.07) is 5.04. The van der Waals surface area contributed by atoms with Crippen LogP contribution in [-0.4, -0.2) is 38.9 Å². The fourth-order valence-corrected chi connectivity index (χ4v) is 3.36. The number of amides is 1. The van der Waals surface area contributed by atoms with Crippen molar-refractivity contribution < 1.29 is 18.0 Å². The van der Waals surface area contributed by atoms with Crippen LogP contribution < -0.4 is 0 Å². The van der Waals surface area contributed by atoms with Gasteiger partial charge in [-0.05, 0) is 30.9 Å². The van der Waals surface area contributed by atoms with E-state index in [1.165, 1.54) is 6.07 Å². The molecular formula is C18H19F3N4O. The van der Waals surface area contributed by atoms with E-state index < -0.39 is 11.7 Å². The molecule has 1 aromatic carbocycles. The molecule has 2 aromatic rings. The highest BCUT2D eigenvalue weighted by atomic mass is 19.4. The molecule has 1 atom stereocenters. The molecule has 1 aliphatic carbocycles. The van der Waals surface area contributed by atoms with E-state index in [2.05, 4.69) is 10.3 Å². The Morgan fingerprint density at radius 3 is 2.77 bits per heavy atom. The summed E-state index contributed by atoms with van der Waals surface area (Å²) < 4.78 is 40.2. The highest BCUT2D eigenvalue weighted by Crippen LogP contribution is 2.39. The molecule has 8 heteroatoms. The van der Waals surface area contributed by atoms with Crippen LogP contribution in [0.2, 0.25) is 0 Å². The third-order valence-corrected chi connectivity index (χ3v) is 5.02. The molecule has 1 saturated heterocycles. The van der Waals surface area contributed by atoms with Crippen molar-refractivity contribution in [2.75, 3.05) is 13.1 Å². The zero-order valence-corrected chi connectivity index (χ0v) is 14.1. The summed E-state index contributed by atoms with van der Waals surface area (Å²) >= 11 is 0. The van der Waals surface area contributed by atoms with E-state index in [1.54, 1.807) is 11.0 Å². The third kappa shape index (κ3) is 3.59. The van der Waals surface area contributed by atoms with Gasteiger partial charge in [0.05, 0.1) is 23.7 Å². The zero-order valence-electron chi connectivity index (χ0n) is 14.1. The Bertz CT molecular complexity index is 813. The number of aromatic nitrogens is 3. The lowest BCUT2D eigenvalue weighted by Gasteiger charge is -2.17. The van der Waals surface area contributed by atoms with Crippen LogP contribution >= 0.6 is 0 Å². The molecule has 1 aromatic heterocycles. The van der Waals surface area contributed by atoms with Gasteiger partial charge in [0.1, 0.15) is 0 Å². The Labute approximate surface area is 148 Å². The second-order valence-corrected chi connectivity index (χ2v) is 7.05. The first kappa shape index (κ1) is 17.1. The Hall–Kier alpha value is -2.38. The van der Waals surface area contributed by atoms with E-state index in [0.717, 1.165) is 37.1 Å². The fourth-order valence-electron chi connectivity index (χ4n) is 3.36. The molecular weight excluding hydrogens is 345 g/mol. The monoisotopic (exact) mass is 364 g/mol. The number of carbonyl (C=O) groups excluding carboxylic acids is 1. The number of likely N-dealkylation sites (tertiary alicyclic amines) is 1. The first-order valence-corrected chi connectivity index (χ1v) is 8.76. The van der Waals surface area contributed by atoms with Crippen molar-refractivity contribution in [2.24, 2.45) is 0 Å². The average Bonchev–Trinajstić information content (AvgIpc) is 3.13. The highest BCUT2D eigenvalue weighted by Gasteiger charge is 2.32. The van der Waals surface area contributed by atoms with Gasteiger partial charge in [-0.15, -0.1) is 5.10 Å². The average molecular weight is 364 g/mol. The van der Waals surface area contributed by atoms with Crippen molar-refractivity contribution in [2.45, 2.75) is 43.8 Å². The number of carbonyl (C=O) groups is 1. The van der Waals surface area contributed by atoms with E-state index >= 15 is 0 Å². The molecule has 2 fully saturated rings. The van der Waals surface area contributed by atoms with Gasteiger partial charge in [-0.25, -0.2) is 4.68 Å². The maximum atomic E-state index is 12.8. The summed E-state index contributed by atoms with van der Waals surface area (Å²) in [7, 11) is 0. The Morgan fingerprint density at radius 1 is 1.23 bits per heavy atom. The zero-order chi connectivity index (χ0) is 18.3. The molecule has 26 heavy (non-hydrogen) atoms. The minimum Gasteiger partial charge on any atom is -0.340 e. The molecule has 0 bridgehead atoms. The molecule has 0 N–H and O–H groups in total. The summed E-state index contributed by atoms with van der Waals surface area (Å²) in [6.07, 6.45) is 0.631. The number of hydrogen-bond acceptors (Lipinski definition) is 3. The number of rotatable bonds is 4. The third-order valence-electron chi connectivity index (χ3n) is 5.02. The molecule has 1 unspecified atom stereocenters. The smallest absolute Gasteiger partial charge is 0.340 e. The van der Waals surface area contributed by atoms with Gasteiger partial charge in [0.25, 0.3) is 0 Å². The molecule has 4 rings (SSSR count). The fraction of sp³-hybridized carbons (Fsp3) is 0.500. The van der Waals surface area contributed by atoms with Crippen LogP contribution in [0.5, 0.6) is 0 Å². The summed E-state index contributed by atoms with van der Waals surface area (Å²) in [5.41, 5.74) is 0.668. The lowest BCUT2D eigenvalue weighted by molar-refractivity contribution is -0.138. The second-order valence-electron chi connectivity index (χ2n) is 7.05. The van der Waals surface area contributed by atoms with Crippen LogP contribution in [0.3, 0.4) is 0 Å². The van der Waals surface area contributed by atoms with Gasteiger partial charge in [-0.1, -0.05) is 23.4 Å². The highest BCUT2D eigenvalue weighted by molar-refractivity contribution is 5.79. The lowest BCUT2D eigenvalue weighted by atomic mass is 10.1. The molecule has 1 saturated carbocycles. The van der Waals surface area contributed by atoms with E-state index in [1.807, 2.05) is 10.9 Å². The molecule has 5 nitrogen and oxygen atoms in total. The molecule has 2 heterocycles. The van der Waals surface area contributed by atoms with Crippen LogP contribution in [0.25, 0.3) is 0 Å². The van der Waals surface area contributed by atoms with Crippen molar-refractivity contribution in [1.29, 1.82) is 0 Å². The van der Waals surface area contributed by atoms with Crippen LogP contribution in [0.15, 0.2) is 30.5 Å². The quantitative estimate of drug-likeness (QED) is 0.837. The van der Waals surface area contributed by atoms with Crippen molar-refractivity contribution in [3.8, 4) is 0 Å². The van der Waals surface area contributed by atoms with E-state index in [4.69, 9.17) is 0 Å². The first-order chi connectivity index (χ1) is 12.4. The molecule has 1 amide bonds. The van der Waals surface area contributed by atoms with Gasteiger partial charge in [0.2, 0.25) is 5.91 Å². The number of halogens is 3. The summed E-state index contributed by atoms with van der Waals surface area (Å²) in [5, 5.41) is 8.38. The lowest BCUT2D eigenvalue weighted by Crippen LogP contribution is -2.30. The molecule has 0 radical (unpaired) electrons. The van der Waals surface area contributed by atoms with Gasteiger partial charge in [0, 0.05) is 25.2 Å². The van der Waals surface area contributed by atoms with Crippen molar-refractivity contribution in [3.05, 3.63) is 47.3 Å². The van der Waals surface area contributed by atoms with Gasteiger partial charge >= 0.3 is 6.18 Å². The van der Waals surface area contributed by atoms with Crippen LogP contribution in [0.4, 0.5) is 13.2 Å². The standard InChI is InChI=1S/C18H19F3N4O/c19-18(20,21)14-3-1-2-12(8-14)9-17(26)24-7-6-15(10-24)25-11-16(22-23-25)13-4-5-13/h1-3,8,11,13,15H,4-7,9-10H2. The molecule has 138 valence electrons. The molecule has 1 aliphatic heterocycles.